The summed E-state index contributed by atoms with van der Waals surface area (Å²) in [7, 11) is 0. The van der Waals surface area contributed by atoms with E-state index in [0.29, 0.717) is 18.1 Å². The van der Waals surface area contributed by atoms with Crippen LogP contribution in [0.2, 0.25) is 0 Å². The van der Waals surface area contributed by atoms with Gasteiger partial charge in [0.25, 0.3) is 0 Å². The van der Waals surface area contributed by atoms with E-state index >= 15 is 0 Å². The van der Waals surface area contributed by atoms with Crippen LogP contribution in [0.5, 0.6) is 0 Å². The molecule has 2 N–H and O–H groups in total. The third-order valence-electron chi connectivity index (χ3n) is 8.10. The molecule has 1 atom stereocenters. The highest BCUT2D eigenvalue weighted by atomic mass is 32.2. The highest BCUT2D eigenvalue weighted by Crippen LogP contribution is 2.31. The number of amides is 1. The van der Waals surface area contributed by atoms with E-state index in [2.05, 4.69) is 22.3 Å². The van der Waals surface area contributed by atoms with Gasteiger partial charge in [-0.1, -0.05) is 46.8 Å². The molecule has 1 aromatic carbocycles. The van der Waals surface area contributed by atoms with Gasteiger partial charge in [0.2, 0.25) is 5.91 Å². The van der Waals surface area contributed by atoms with Crippen LogP contribution in [0.1, 0.15) is 94.6 Å². The van der Waals surface area contributed by atoms with Gasteiger partial charge in [-0.15, -0.1) is 11.8 Å². The molecule has 38 heavy (non-hydrogen) atoms. The molecule has 1 unspecified atom stereocenters. The number of fused-ring (bicyclic) bond motifs is 1. The van der Waals surface area contributed by atoms with Crippen molar-refractivity contribution in [1.29, 1.82) is 0 Å². The fourth-order valence-electron chi connectivity index (χ4n) is 5.70. The number of rotatable bonds is 11. The lowest BCUT2D eigenvalue weighted by Gasteiger charge is -2.31. The number of ketones is 1. The van der Waals surface area contributed by atoms with Crippen molar-refractivity contribution in [3.05, 3.63) is 34.9 Å². The number of hydrogen-bond donors (Lipinski definition) is 2. The second kappa shape index (κ2) is 14.0. The van der Waals surface area contributed by atoms with Gasteiger partial charge in [-0.2, -0.15) is 0 Å². The van der Waals surface area contributed by atoms with Crippen molar-refractivity contribution in [2.24, 2.45) is 17.3 Å². The van der Waals surface area contributed by atoms with Crippen LogP contribution in [0.25, 0.3) is 0 Å². The van der Waals surface area contributed by atoms with E-state index in [4.69, 9.17) is 0 Å². The van der Waals surface area contributed by atoms with Gasteiger partial charge in [-0.25, -0.2) is 0 Å². The smallest absolute Gasteiger partial charge is 0.317 e. The third kappa shape index (κ3) is 9.11. The maximum absolute atomic E-state index is 12.4. The van der Waals surface area contributed by atoms with Crippen molar-refractivity contribution in [1.82, 2.24) is 10.2 Å². The molecule has 0 spiro atoms. The number of aliphatic carboxylic acids is 1. The maximum Gasteiger partial charge on any atom is 0.317 e. The molecular weight excluding hydrogens is 496 g/mol. The van der Waals surface area contributed by atoms with E-state index in [9.17, 15) is 19.5 Å². The van der Waals surface area contributed by atoms with Crippen molar-refractivity contribution in [3.63, 3.8) is 0 Å². The van der Waals surface area contributed by atoms with E-state index in [1.807, 2.05) is 40.7 Å². The van der Waals surface area contributed by atoms with Crippen LogP contribution >= 0.6 is 11.8 Å². The summed E-state index contributed by atoms with van der Waals surface area (Å²) in [4.78, 5) is 39.0. The normalized spacial score (nSPS) is 21.4. The second-order valence-corrected chi connectivity index (χ2v) is 13.8. The number of nitrogens with one attached hydrogen (secondary N) is 1. The minimum absolute atomic E-state index is 0.0303. The van der Waals surface area contributed by atoms with Crippen LogP contribution in [-0.4, -0.2) is 64.3 Å². The summed E-state index contributed by atoms with van der Waals surface area (Å²) in [6.45, 7) is 12.9. The minimum Gasteiger partial charge on any atom is -0.480 e. The number of carbonyl (C=O) groups excluding carboxylic acids is 2. The molecule has 0 radical (unpaired) electrons. The monoisotopic (exact) mass is 544 g/mol. The Labute approximate surface area is 233 Å². The molecular formula is C31H48N2O4S. The highest BCUT2D eigenvalue weighted by molar-refractivity contribution is 8.00. The number of hydrogen-bond acceptors (Lipinski definition) is 5. The first-order valence-electron chi connectivity index (χ1n) is 14.5. The topological polar surface area (TPSA) is 86.7 Å². The number of carboxylic acid groups (broad SMARTS) is 1. The van der Waals surface area contributed by atoms with E-state index in [1.54, 1.807) is 0 Å². The molecule has 7 heteroatoms. The van der Waals surface area contributed by atoms with Crippen molar-refractivity contribution >= 4 is 29.4 Å². The summed E-state index contributed by atoms with van der Waals surface area (Å²) in [6.07, 6.45) is 7.99. The lowest BCUT2D eigenvalue weighted by molar-refractivity contribution is -0.138. The highest BCUT2D eigenvalue weighted by Gasteiger charge is 2.31. The summed E-state index contributed by atoms with van der Waals surface area (Å²) in [5.74, 6) is 0.738. The molecule has 0 saturated heterocycles. The van der Waals surface area contributed by atoms with Gasteiger partial charge in [0.15, 0.2) is 5.78 Å². The van der Waals surface area contributed by atoms with Gasteiger partial charge in [0.05, 0.1) is 0 Å². The van der Waals surface area contributed by atoms with Gasteiger partial charge in [-0.3, -0.25) is 14.4 Å². The Kier molecular flexibility index (Phi) is 11.3. The summed E-state index contributed by atoms with van der Waals surface area (Å²) >= 11 is 1.37. The molecule has 0 bridgehead atoms. The van der Waals surface area contributed by atoms with Crippen LogP contribution in [-0.2, 0) is 22.4 Å². The number of carbonyl (C=O) groups is 3. The Morgan fingerprint density at radius 2 is 1.71 bits per heavy atom. The van der Waals surface area contributed by atoms with E-state index in [1.165, 1.54) is 29.3 Å². The SMILES string of the molecule is CC(C)C(=O)c1ccc2c(c1)CCN(CCC1CCC(NC(=O)CCSC(C(=O)O)C(C)(C)C)CC1)CC2. The summed E-state index contributed by atoms with van der Waals surface area (Å²) in [5, 5.41) is 12.1. The molecule has 6 nitrogen and oxygen atoms in total. The Balaban J connectivity index is 1.34. The standard InChI is InChI=1S/C31H48N2O4S/c1-21(2)28(35)25-9-8-23-13-17-33(18-14-24(23)20-25)16-12-22-6-10-26(11-7-22)32-27(34)15-19-38-29(30(36)37)31(3,4)5/h8-9,20-22,26,29H,6-7,10-19H2,1-5H3,(H,32,34)(H,36,37). The Bertz CT molecular complexity index is 963. The van der Waals surface area contributed by atoms with Crippen molar-refractivity contribution in [3.8, 4) is 0 Å². The largest absolute Gasteiger partial charge is 0.480 e. The molecule has 0 aromatic heterocycles. The molecule has 1 fully saturated rings. The van der Waals surface area contributed by atoms with Crippen molar-refractivity contribution < 1.29 is 19.5 Å². The summed E-state index contributed by atoms with van der Waals surface area (Å²) in [6, 6.07) is 6.55. The average molecular weight is 545 g/mol. The fourth-order valence-corrected chi connectivity index (χ4v) is 6.88. The van der Waals surface area contributed by atoms with Gasteiger partial charge in [0, 0.05) is 42.8 Å². The zero-order valence-electron chi connectivity index (χ0n) is 24.1. The molecule has 1 amide bonds. The Morgan fingerprint density at radius 3 is 2.32 bits per heavy atom. The molecule has 212 valence electrons. The van der Waals surface area contributed by atoms with Crippen molar-refractivity contribution in [2.75, 3.05) is 25.4 Å². The molecule has 1 saturated carbocycles. The first kappa shape index (κ1) is 30.7. The molecule has 1 aliphatic heterocycles. The van der Waals surface area contributed by atoms with Crippen molar-refractivity contribution in [2.45, 2.75) is 97.3 Å². The molecule has 1 aliphatic carbocycles. The third-order valence-corrected chi connectivity index (χ3v) is 9.78. The van der Waals surface area contributed by atoms with Gasteiger partial charge >= 0.3 is 5.97 Å². The van der Waals surface area contributed by atoms with Crippen LogP contribution in [0, 0.1) is 17.3 Å². The second-order valence-electron chi connectivity index (χ2n) is 12.6. The minimum atomic E-state index is -0.807. The maximum atomic E-state index is 12.4. The lowest BCUT2D eigenvalue weighted by atomic mass is 9.84. The van der Waals surface area contributed by atoms with Gasteiger partial charge in [0.1, 0.15) is 5.25 Å². The lowest BCUT2D eigenvalue weighted by Crippen LogP contribution is -2.38. The predicted molar refractivity (Wildman–Crippen MR) is 156 cm³/mol. The number of nitrogens with zero attached hydrogens (tertiary/aromatic N) is 1. The Morgan fingerprint density at radius 1 is 1.05 bits per heavy atom. The molecule has 1 aromatic rings. The van der Waals surface area contributed by atoms with E-state index in [0.717, 1.165) is 63.7 Å². The van der Waals surface area contributed by atoms with E-state index < -0.39 is 11.2 Å². The first-order valence-corrected chi connectivity index (χ1v) is 15.5. The summed E-state index contributed by atoms with van der Waals surface area (Å²) < 4.78 is 0. The van der Waals surface area contributed by atoms with Crippen LogP contribution in [0.3, 0.4) is 0 Å². The Hall–Kier alpha value is -1.86. The van der Waals surface area contributed by atoms with Gasteiger partial charge in [-0.05, 0) is 80.0 Å². The number of Topliss-reactive ketones (excluding diaryl/α,β-unsaturated/α-hetero) is 1. The van der Waals surface area contributed by atoms with Crippen LogP contribution < -0.4 is 5.32 Å². The zero-order valence-corrected chi connectivity index (χ0v) is 24.9. The molecule has 3 rings (SSSR count). The first-order chi connectivity index (χ1) is 17.9. The number of thioether (sulfide) groups is 1. The molecule has 2 aliphatic rings. The fraction of sp³-hybridized carbons (Fsp3) is 0.710. The van der Waals surface area contributed by atoms with Crippen LogP contribution in [0.15, 0.2) is 18.2 Å². The van der Waals surface area contributed by atoms with Crippen LogP contribution in [0.4, 0.5) is 0 Å². The van der Waals surface area contributed by atoms with E-state index in [-0.39, 0.29) is 29.1 Å². The predicted octanol–water partition coefficient (Wildman–Crippen LogP) is 5.61. The number of carboxylic acids is 1. The number of benzene rings is 1. The average Bonchev–Trinajstić information content (AvgIpc) is 3.06. The molecule has 1 heterocycles. The van der Waals surface area contributed by atoms with Gasteiger partial charge < -0.3 is 15.3 Å². The zero-order chi connectivity index (χ0) is 27.9. The summed E-state index contributed by atoms with van der Waals surface area (Å²) in [5.41, 5.74) is 3.24. The quantitative estimate of drug-likeness (QED) is 0.352.